The van der Waals surface area contributed by atoms with Crippen LogP contribution in [0.3, 0.4) is 0 Å². The van der Waals surface area contributed by atoms with Crippen molar-refractivity contribution in [3.63, 3.8) is 0 Å². The van der Waals surface area contributed by atoms with Gasteiger partial charge in [0.1, 0.15) is 5.78 Å². The quantitative estimate of drug-likeness (QED) is 0.803. The van der Waals surface area contributed by atoms with Crippen molar-refractivity contribution >= 4 is 5.78 Å². The lowest BCUT2D eigenvalue weighted by Gasteiger charge is -2.25. The summed E-state index contributed by atoms with van der Waals surface area (Å²) in [4.78, 5) is 11.6. The number of hydrogen-bond donors (Lipinski definition) is 1. The van der Waals surface area contributed by atoms with Crippen molar-refractivity contribution in [2.75, 3.05) is 0 Å². The molecule has 0 amide bonds. The SMILES string of the molecule is O=C1CCCC[C@@H]1[C@@H](O)c1ccccc1. The van der Waals surface area contributed by atoms with Gasteiger partial charge in [-0.15, -0.1) is 0 Å². The van der Waals surface area contributed by atoms with Gasteiger partial charge in [0.2, 0.25) is 0 Å². The van der Waals surface area contributed by atoms with E-state index in [1.807, 2.05) is 30.3 Å². The molecule has 0 aromatic heterocycles. The number of aliphatic hydroxyl groups excluding tert-OH is 1. The molecule has 0 radical (unpaired) electrons. The van der Waals surface area contributed by atoms with Crippen molar-refractivity contribution in [1.29, 1.82) is 0 Å². The molecule has 1 aromatic rings. The molecule has 1 fully saturated rings. The molecule has 0 aliphatic heterocycles. The Hall–Kier alpha value is -1.15. The molecule has 1 saturated carbocycles. The van der Waals surface area contributed by atoms with Gasteiger partial charge in [0, 0.05) is 12.3 Å². The largest absolute Gasteiger partial charge is 0.388 e. The predicted octanol–water partition coefficient (Wildman–Crippen LogP) is 2.48. The smallest absolute Gasteiger partial charge is 0.138 e. The lowest BCUT2D eigenvalue weighted by atomic mass is 9.82. The lowest BCUT2D eigenvalue weighted by Crippen LogP contribution is -2.25. The van der Waals surface area contributed by atoms with Gasteiger partial charge in [-0.2, -0.15) is 0 Å². The van der Waals surface area contributed by atoms with Gasteiger partial charge in [0.25, 0.3) is 0 Å². The molecule has 1 aliphatic carbocycles. The molecular formula is C13H16O2. The highest BCUT2D eigenvalue weighted by Gasteiger charge is 2.29. The second kappa shape index (κ2) is 4.58. The summed E-state index contributed by atoms with van der Waals surface area (Å²) >= 11 is 0. The Balaban J connectivity index is 2.13. The van der Waals surface area contributed by atoms with Gasteiger partial charge >= 0.3 is 0 Å². The summed E-state index contributed by atoms with van der Waals surface area (Å²) in [5, 5.41) is 10.1. The first-order valence-electron chi connectivity index (χ1n) is 5.55. The van der Waals surface area contributed by atoms with E-state index in [4.69, 9.17) is 0 Å². The number of benzene rings is 1. The van der Waals surface area contributed by atoms with Crippen LogP contribution in [0.2, 0.25) is 0 Å². The first-order chi connectivity index (χ1) is 7.29. The molecule has 0 saturated heterocycles. The van der Waals surface area contributed by atoms with E-state index in [2.05, 4.69) is 0 Å². The summed E-state index contributed by atoms with van der Waals surface area (Å²) in [6, 6.07) is 9.47. The highest BCUT2D eigenvalue weighted by atomic mass is 16.3. The number of aliphatic hydroxyl groups is 1. The van der Waals surface area contributed by atoms with Crippen LogP contribution in [0.25, 0.3) is 0 Å². The average molecular weight is 204 g/mol. The summed E-state index contributed by atoms with van der Waals surface area (Å²) in [6.45, 7) is 0. The van der Waals surface area contributed by atoms with E-state index in [1.54, 1.807) is 0 Å². The van der Waals surface area contributed by atoms with Crippen LogP contribution in [0.1, 0.15) is 37.4 Å². The maximum Gasteiger partial charge on any atom is 0.138 e. The van der Waals surface area contributed by atoms with E-state index in [9.17, 15) is 9.90 Å². The first-order valence-corrected chi connectivity index (χ1v) is 5.55. The third kappa shape index (κ3) is 2.26. The molecule has 0 spiro atoms. The molecule has 15 heavy (non-hydrogen) atoms. The number of hydrogen-bond acceptors (Lipinski definition) is 2. The van der Waals surface area contributed by atoms with E-state index in [0.29, 0.717) is 6.42 Å². The number of carbonyl (C=O) groups excluding carboxylic acids is 1. The maximum atomic E-state index is 11.6. The molecule has 2 rings (SSSR count). The minimum atomic E-state index is -0.612. The van der Waals surface area contributed by atoms with Crippen molar-refractivity contribution in [3.8, 4) is 0 Å². The number of rotatable bonds is 2. The van der Waals surface area contributed by atoms with Gasteiger partial charge in [-0.05, 0) is 18.4 Å². The van der Waals surface area contributed by atoms with Crippen LogP contribution < -0.4 is 0 Å². The predicted molar refractivity (Wildman–Crippen MR) is 58.4 cm³/mol. The standard InChI is InChI=1S/C13H16O2/c14-12-9-5-4-8-11(12)13(15)10-6-2-1-3-7-10/h1-3,6-7,11,13,15H,4-5,8-9H2/t11-,13-/m0/s1. The third-order valence-corrected chi connectivity index (χ3v) is 3.12. The van der Waals surface area contributed by atoms with Crippen LogP contribution in [0.5, 0.6) is 0 Å². The summed E-state index contributed by atoms with van der Waals surface area (Å²) < 4.78 is 0. The fourth-order valence-electron chi connectivity index (χ4n) is 2.23. The van der Waals surface area contributed by atoms with Crippen molar-refractivity contribution in [1.82, 2.24) is 0 Å². The van der Waals surface area contributed by atoms with Gasteiger partial charge in [-0.25, -0.2) is 0 Å². The third-order valence-electron chi connectivity index (χ3n) is 3.12. The summed E-state index contributed by atoms with van der Waals surface area (Å²) in [7, 11) is 0. The molecule has 1 N–H and O–H groups in total. The molecule has 2 nitrogen and oxygen atoms in total. The zero-order valence-corrected chi connectivity index (χ0v) is 8.73. The van der Waals surface area contributed by atoms with Crippen LogP contribution in [-0.2, 0) is 4.79 Å². The first kappa shape index (κ1) is 10.4. The zero-order valence-electron chi connectivity index (χ0n) is 8.73. The average Bonchev–Trinajstić information content (AvgIpc) is 2.30. The van der Waals surface area contributed by atoms with Crippen molar-refractivity contribution in [2.24, 2.45) is 5.92 Å². The highest BCUT2D eigenvalue weighted by molar-refractivity contribution is 5.82. The minimum Gasteiger partial charge on any atom is -0.388 e. The summed E-state index contributed by atoms with van der Waals surface area (Å²) in [5.41, 5.74) is 0.859. The summed E-state index contributed by atoms with van der Waals surface area (Å²) in [6.07, 6.45) is 2.89. The zero-order chi connectivity index (χ0) is 10.7. The van der Waals surface area contributed by atoms with Crippen LogP contribution in [0.4, 0.5) is 0 Å². The van der Waals surface area contributed by atoms with E-state index < -0.39 is 6.10 Å². The molecule has 2 heteroatoms. The molecule has 0 bridgehead atoms. The maximum absolute atomic E-state index is 11.6. The van der Waals surface area contributed by atoms with Gasteiger partial charge in [0.15, 0.2) is 0 Å². The van der Waals surface area contributed by atoms with Crippen molar-refractivity contribution in [3.05, 3.63) is 35.9 Å². The Labute approximate surface area is 89.9 Å². The highest BCUT2D eigenvalue weighted by Crippen LogP contribution is 2.31. The van der Waals surface area contributed by atoms with Crippen molar-refractivity contribution in [2.45, 2.75) is 31.8 Å². The van der Waals surface area contributed by atoms with Crippen LogP contribution in [-0.4, -0.2) is 10.9 Å². The van der Waals surface area contributed by atoms with Crippen LogP contribution >= 0.6 is 0 Å². The van der Waals surface area contributed by atoms with Crippen LogP contribution in [0, 0.1) is 5.92 Å². The monoisotopic (exact) mass is 204 g/mol. The Morgan fingerprint density at radius 3 is 2.60 bits per heavy atom. The van der Waals surface area contributed by atoms with Gasteiger partial charge < -0.3 is 5.11 Å². The number of ketones is 1. The van der Waals surface area contributed by atoms with Gasteiger partial charge in [-0.3, -0.25) is 4.79 Å². The Morgan fingerprint density at radius 2 is 1.93 bits per heavy atom. The van der Waals surface area contributed by atoms with E-state index >= 15 is 0 Å². The Bertz CT molecular complexity index is 332. The Kier molecular flexibility index (Phi) is 3.17. The second-order valence-corrected chi connectivity index (χ2v) is 4.17. The fraction of sp³-hybridized carbons (Fsp3) is 0.462. The topological polar surface area (TPSA) is 37.3 Å². The van der Waals surface area contributed by atoms with Crippen LogP contribution in [0.15, 0.2) is 30.3 Å². The van der Waals surface area contributed by atoms with Gasteiger partial charge in [-0.1, -0.05) is 36.8 Å². The molecule has 1 aliphatic rings. The molecule has 1 aromatic carbocycles. The Morgan fingerprint density at radius 1 is 1.20 bits per heavy atom. The number of carbonyl (C=O) groups is 1. The summed E-state index contributed by atoms with van der Waals surface area (Å²) in [5.74, 6) is 0.0405. The number of Topliss-reactive ketones (excluding diaryl/α,β-unsaturated/α-hetero) is 1. The molecule has 80 valence electrons. The van der Waals surface area contributed by atoms with E-state index in [-0.39, 0.29) is 11.7 Å². The molecule has 0 heterocycles. The second-order valence-electron chi connectivity index (χ2n) is 4.17. The van der Waals surface area contributed by atoms with Gasteiger partial charge in [0.05, 0.1) is 6.10 Å². The molecular weight excluding hydrogens is 188 g/mol. The lowest BCUT2D eigenvalue weighted by molar-refractivity contribution is -0.128. The van der Waals surface area contributed by atoms with E-state index in [1.165, 1.54) is 0 Å². The molecule has 0 unspecified atom stereocenters. The normalized spacial score (nSPS) is 23.8. The minimum absolute atomic E-state index is 0.179. The molecule has 2 atom stereocenters. The fourth-order valence-corrected chi connectivity index (χ4v) is 2.23. The van der Waals surface area contributed by atoms with E-state index in [0.717, 1.165) is 24.8 Å². The van der Waals surface area contributed by atoms with Crippen molar-refractivity contribution < 1.29 is 9.90 Å².